The number of hydrogen-bond acceptors (Lipinski definition) is 6. The number of ether oxygens (including phenoxy) is 2. The number of halogens is 1. The summed E-state index contributed by atoms with van der Waals surface area (Å²) in [5.74, 6) is 0.634. The Kier molecular flexibility index (Phi) is 6.19. The lowest BCUT2D eigenvalue weighted by Crippen LogP contribution is -1.95. The van der Waals surface area contributed by atoms with Gasteiger partial charge in [0, 0.05) is 28.9 Å². The van der Waals surface area contributed by atoms with E-state index >= 15 is 0 Å². The van der Waals surface area contributed by atoms with Crippen molar-refractivity contribution in [2.24, 2.45) is 4.99 Å². The summed E-state index contributed by atoms with van der Waals surface area (Å²) >= 11 is 5.87. The standard InChI is InChI=1S/C17H17ClN2O5/c1-3-24-13-5-6-16(25-4-2)14(9-13)19-10-11-7-12(18)8-15(17(11)21)20(22)23/h5-10,21H,3-4H2,1-2H3. The van der Waals surface area contributed by atoms with E-state index in [4.69, 9.17) is 21.1 Å². The second kappa shape index (κ2) is 8.34. The number of phenolic OH excluding ortho intramolecular Hbond substituents is 1. The molecule has 0 amide bonds. The Bertz CT molecular complexity index is 808. The number of phenols is 1. The maximum atomic E-state index is 11.0. The molecule has 2 rings (SSSR count). The van der Waals surface area contributed by atoms with Crippen molar-refractivity contribution in [2.75, 3.05) is 13.2 Å². The summed E-state index contributed by atoms with van der Waals surface area (Å²) in [6.45, 7) is 4.65. The van der Waals surface area contributed by atoms with Gasteiger partial charge in [-0.05, 0) is 32.0 Å². The molecule has 0 saturated carbocycles. The van der Waals surface area contributed by atoms with Gasteiger partial charge in [-0.2, -0.15) is 0 Å². The zero-order valence-corrected chi connectivity index (χ0v) is 14.5. The van der Waals surface area contributed by atoms with Gasteiger partial charge in [0.2, 0.25) is 5.75 Å². The minimum atomic E-state index is -0.708. The van der Waals surface area contributed by atoms with E-state index in [-0.39, 0.29) is 10.6 Å². The number of aromatic hydroxyl groups is 1. The summed E-state index contributed by atoms with van der Waals surface area (Å²) < 4.78 is 10.9. The highest BCUT2D eigenvalue weighted by molar-refractivity contribution is 6.31. The molecule has 0 radical (unpaired) electrons. The Balaban J connectivity index is 2.44. The van der Waals surface area contributed by atoms with Crippen LogP contribution in [0, 0.1) is 10.1 Å². The van der Waals surface area contributed by atoms with Gasteiger partial charge in [-0.15, -0.1) is 0 Å². The molecule has 25 heavy (non-hydrogen) atoms. The summed E-state index contributed by atoms with van der Waals surface area (Å²) in [4.78, 5) is 14.5. The van der Waals surface area contributed by atoms with Crippen molar-refractivity contribution in [1.82, 2.24) is 0 Å². The molecule has 132 valence electrons. The fraction of sp³-hybridized carbons (Fsp3) is 0.235. The minimum absolute atomic E-state index is 0.124. The summed E-state index contributed by atoms with van der Waals surface area (Å²) in [6, 6.07) is 7.63. The van der Waals surface area contributed by atoms with Crippen LogP contribution in [-0.2, 0) is 0 Å². The van der Waals surface area contributed by atoms with Gasteiger partial charge in [0.15, 0.2) is 0 Å². The van der Waals surface area contributed by atoms with Gasteiger partial charge < -0.3 is 14.6 Å². The fourth-order valence-corrected chi connectivity index (χ4v) is 2.34. The predicted molar refractivity (Wildman–Crippen MR) is 95.8 cm³/mol. The molecule has 0 spiro atoms. The predicted octanol–water partition coefficient (Wildman–Crippen LogP) is 4.50. The Morgan fingerprint density at radius 2 is 1.96 bits per heavy atom. The molecular formula is C17H17ClN2O5. The summed E-state index contributed by atoms with van der Waals surface area (Å²) in [5.41, 5.74) is 0.111. The van der Waals surface area contributed by atoms with Crippen molar-refractivity contribution in [2.45, 2.75) is 13.8 Å². The molecule has 0 heterocycles. The van der Waals surface area contributed by atoms with Crippen LogP contribution in [-0.4, -0.2) is 29.5 Å². The summed E-state index contributed by atoms with van der Waals surface area (Å²) in [6.07, 6.45) is 1.29. The van der Waals surface area contributed by atoms with Gasteiger partial charge in [0.25, 0.3) is 0 Å². The maximum Gasteiger partial charge on any atom is 0.312 e. The largest absolute Gasteiger partial charge is 0.502 e. The van der Waals surface area contributed by atoms with E-state index in [9.17, 15) is 15.2 Å². The molecule has 1 N–H and O–H groups in total. The molecule has 0 bridgehead atoms. The molecule has 0 aromatic heterocycles. The number of aliphatic imine (C=N–C) groups is 1. The SMILES string of the molecule is CCOc1ccc(OCC)c(N=Cc2cc(Cl)cc([N+](=O)[O-])c2O)c1. The van der Waals surface area contributed by atoms with E-state index in [2.05, 4.69) is 4.99 Å². The van der Waals surface area contributed by atoms with E-state index in [0.717, 1.165) is 6.07 Å². The van der Waals surface area contributed by atoms with E-state index in [1.165, 1.54) is 12.3 Å². The quantitative estimate of drug-likeness (QED) is 0.443. The number of benzene rings is 2. The van der Waals surface area contributed by atoms with Crippen LogP contribution in [0.3, 0.4) is 0 Å². The average molecular weight is 365 g/mol. The highest BCUT2D eigenvalue weighted by Crippen LogP contribution is 2.35. The Hall–Kier alpha value is -2.80. The van der Waals surface area contributed by atoms with Gasteiger partial charge in [0.05, 0.1) is 18.1 Å². The van der Waals surface area contributed by atoms with E-state index in [1.807, 2.05) is 13.8 Å². The number of rotatable bonds is 7. The van der Waals surface area contributed by atoms with Gasteiger partial charge in [0.1, 0.15) is 17.2 Å². The number of hydrogen-bond donors (Lipinski definition) is 1. The van der Waals surface area contributed by atoms with Crippen LogP contribution >= 0.6 is 11.6 Å². The van der Waals surface area contributed by atoms with E-state index in [0.29, 0.717) is 30.4 Å². The fourth-order valence-electron chi connectivity index (χ4n) is 2.11. The topological polar surface area (TPSA) is 94.2 Å². The minimum Gasteiger partial charge on any atom is -0.502 e. The van der Waals surface area contributed by atoms with Crippen LogP contribution in [0.5, 0.6) is 17.2 Å². The van der Waals surface area contributed by atoms with Crippen LogP contribution in [0.25, 0.3) is 0 Å². The first-order valence-corrected chi connectivity index (χ1v) is 7.94. The zero-order chi connectivity index (χ0) is 18.4. The summed E-state index contributed by atoms with van der Waals surface area (Å²) in [7, 11) is 0. The highest BCUT2D eigenvalue weighted by atomic mass is 35.5. The number of nitrogens with zero attached hydrogens (tertiary/aromatic N) is 2. The monoisotopic (exact) mass is 364 g/mol. The van der Waals surface area contributed by atoms with Crippen molar-refractivity contribution in [3.63, 3.8) is 0 Å². The highest BCUT2D eigenvalue weighted by Gasteiger charge is 2.18. The number of nitro benzene ring substituents is 1. The lowest BCUT2D eigenvalue weighted by molar-refractivity contribution is -0.385. The lowest BCUT2D eigenvalue weighted by Gasteiger charge is -2.09. The van der Waals surface area contributed by atoms with Gasteiger partial charge in [-0.1, -0.05) is 11.6 Å². The van der Waals surface area contributed by atoms with Crippen LogP contribution in [0.2, 0.25) is 5.02 Å². The molecular weight excluding hydrogens is 348 g/mol. The first-order chi connectivity index (χ1) is 12.0. The van der Waals surface area contributed by atoms with E-state index in [1.54, 1.807) is 18.2 Å². The maximum absolute atomic E-state index is 11.0. The summed E-state index contributed by atoms with van der Waals surface area (Å²) in [5, 5.41) is 21.1. The smallest absolute Gasteiger partial charge is 0.312 e. The molecule has 0 atom stereocenters. The first kappa shape index (κ1) is 18.5. The molecule has 2 aromatic carbocycles. The van der Waals surface area contributed by atoms with Crippen molar-refractivity contribution in [3.8, 4) is 17.2 Å². The molecule has 0 aliphatic rings. The van der Waals surface area contributed by atoms with Crippen molar-refractivity contribution in [3.05, 3.63) is 51.0 Å². The second-order valence-corrected chi connectivity index (χ2v) is 5.31. The Labute approximate surface area is 149 Å². The van der Waals surface area contributed by atoms with Gasteiger partial charge >= 0.3 is 5.69 Å². The molecule has 0 aliphatic carbocycles. The van der Waals surface area contributed by atoms with Crippen molar-refractivity contribution in [1.29, 1.82) is 0 Å². The third-order valence-corrected chi connectivity index (χ3v) is 3.38. The van der Waals surface area contributed by atoms with Crippen molar-refractivity contribution >= 4 is 29.2 Å². The van der Waals surface area contributed by atoms with Gasteiger partial charge in [-0.25, -0.2) is 0 Å². The van der Waals surface area contributed by atoms with Gasteiger partial charge in [-0.3, -0.25) is 15.1 Å². The molecule has 7 nitrogen and oxygen atoms in total. The molecule has 2 aromatic rings. The molecule has 0 fully saturated rings. The normalized spacial score (nSPS) is 10.8. The Morgan fingerprint density at radius 1 is 1.24 bits per heavy atom. The zero-order valence-electron chi connectivity index (χ0n) is 13.7. The molecule has 0 unspecified atom stereocenters. The van der Waals surface area contributed by atoms with E-state index < -0.39 is 16.4 Å². The van der Waals surface area contributed by atoms with Crippen LogP contribution in [0.4, 0.5) is 11.4 Å². The third-order valence-electron chi connectivity index (χ3n) is 3.16. The van der Waals surface area contributed by atoms with Crippen molar-refractivity contribution < 1.29 is 19.5 Å². The molecule has 0 aliphatic heterocycles. The first-order valence-electron chi connectivity index (χ1n) is 7.56. The second-order valence-electron chi connectivity index (χ2n) is 4.87. The molecule has 8 heteroatoms. The van der Waals surface area contributed by atoms with Crippen LogP contribution in [0.1, 0.15) is 19.4 Å². The third kappa shape index (κ3) is 4.60. The average Bonchev–Trinajstić information content (AvgIpc) is 2.57. The van der Waals surface area contributed by atoms with Crippen LogP contribution in [0.15, 0.2) is 35.3 Å². The Morgan fingerprint density at radius 3 is 2.60 bits per heavy atom. The molecule has 0 saturated heterocycles. The van der Waals surface area contributed by atoms with Crippen LogP contribution < -0.4 is 9.47 Å². The lowest BCUT2D eigenvalue weighted by atomic mass is 10.2. The number of nitro groups is 1.